The van der Waals surface area contributed by atoms with Crippen LogP contribution in [0.5, 0.6) is 0 Å². The molecule has 1 rings (SSSR count). The van der Waals surface area contributed by atoms with Crippen molar-refractivity contribution in [2.24, 2.45) is 0 Å². The number of hydrogen-bond acceptors (Lipinski definition) is 3. The second-order valence-corrected chi connectivity index (χ2v) is 4.83. The van der Waals surface area contributed by atoms with Crippen LogP contribution in [-0.2, 0) is 9.53 Å². The molecular weight excluding hydrogens is 258 g/mol. The molecule has 0 saturated carbocycles. The van der Waals surface area contributed by atoms with Gasteiger partial charge in [0.1, 0.15) is 0 Å². The van der Waals surface area contributed by atoms with Gasteiger partial charge in [-0.3, -0.25) is 4.79 Å². The van der Waals surface area contributed by atoms with Crippen LogP contribution in [0, 0.1) is 0 Å². The van der Waals surface area contributed by atoms with Gasteiger partial charge in [-0.15, -0.1) is 23.4 Å². The SMILES string of the molecule is COCC(CCl)NC(=O)CSc1ccccc1. The highest BCUT2D eigenvalue weighted by Crippen LogP contribution is 2.16. The third kappa shape index (κ3) is 5.96. The number of carbonyl (C=O) groups excluding carboxylic acids is 1. The number of amides is 1. The van der Waals surface area contributed by atoms with Crippen molar-refractivity contribution in [2.45, 2.75) is 10.9 Å². The second kappa shape index (κ2) is 8.39. The van der Waals surface area contributed by atoms with E-state index in [-0.39, 0.29) is 11.9 Å². The maximum Gasteiger partial charge on any atom is 0.230 e. The number of ether oxygens (including phenoxy) is 1. The molecule has 0 fully saturated rings. The van der Waals surface area contributed by atoms with Crippen molar-refractivity contribution >= 4 is 29.3 Å². The zero-order valence-corrected chi connectivity index (χ0v) is 11.3. The summed E-state index contributed by atoms with van der Waals surface area (Å²) in [5, 5.41) is 2.82. The van der Waals surface area contributed by atoms with Crippen LogP contribution in [0.3, 0.4) is 0 Å². The molecule has 0 aliphatic heterocycles. The maximum atomic E-state index is 11.6. The molecule has 1 aromatic carbocycles. The molecule has 1 atom stereocenters. The predicted molar refractivity (Wildman–Crippen MR) is 71.7 cm³/mol. The Labute approximate surface area is 111 Å². The zero-order valence-electron chi connectivity index (χ0n) is 9.69. The molecule has 1 N–H and O–H groups in total. The fourth-order valence-electron chi connectivity index (χ4n) is 1.26. The first-order valence-corrected chi connectivity index (χ1v) is 6.80. The highest BCUT2D eigenvalue weighted by atomic mass is 35.5. The quantitative estimate of drug-likeness (QED) is 0.611. The van der Waals surface area contributed by atoms with Gasteiger partial charge in [-0.2, -0.15) is 0 Å². The van der Waals surface area contributed by atoms with Gasteiger partial charge < -0.3 is 10.1 Å². The Morgan fingerprint density at radius 1 is 1.47 bits per heavy atom. The van der Waals surface area contributed by atoms with Crippen molar-refractivity contribution in [3.63, 3.8) is 0 Å². The molecule has 3 nitrogen and oxygen atoms in total. The van der Waals surface area contributed by atoms with Crippen molar-refractivity contribution in [1.29, 1.82) is 0 Å². The van der Waals surface area contributed by atoms with Gasteiger partial charge in [0, 0.05) is 17.9 Å². The summed E-state index contributed by atoms with van der Waals surface area (Å²) in [6.45, 7) is 0.436. The number of thioether (sulfide) groups is 1. The van der Waals surface area contributed by atoms with Crippen molar-refractivity contribution in [2.75, 3.05) is 25.3 Å². The zero-order chi connectivity index (χ0) is 12.5. The largest absolute Gasteiger partial charge is 0.383 e. The number of nitrogens with one attached hydrogen (secondary N) is 1. The van der Waals surface area contributed by atoms with Gasteiger partial charge in [-0.1, -0.05) is 18.2 Å². The van der Waals surface area contributed by atoms with Gasteiger partial charge in [-0.05, 0) is 12.1 Å². The average molecular weight is 274 g/mol. The summed E-state index contributed by atoms with van der Waals surface area (Å²) >= 11 is 7.21. The molecular formula is C12H16ClNO2S. The van der Waals surface area contributed by atoms with Gasteiger partial charge in [-0.25, -0.2) is 0 Å². The molecule has 17 heavy (non-hydrogen) atoms. The van der Waals surface area contributed by atoms with E-state index in [1.54, 1.807) is 7.11 Å². The molecule has 0 spiro atoms. The van der Waals surface area contributed by atoms with Gasteiger partial charge in [0.25, 0.3) is 0 Å². The average Bonchev–Trinajstić information content (AvgIpc) is 2.37. The smallest absolute Gasteiger partial charge is 0.230 e. The standard InChI is InChI=1S/C12H16ClNO2S/c1-16-8-10(7-13)14-12(15)9-17-11-5-3-2-4-6-11/h2-6,10H,7-9H2,1H3,(H,14,15). The number of methoxy groups -OCH3 is 1. The van der Waals surface area contributed by atoms with E-state index in [0.29, 0.717) is 18.2 Å². The van der Waals surface area contributed by atoms with Gasteiger partial charge in [0.15, 0.2) is 0 Å². The molecule has 1 unspecified atom stereocenters. The van der Waals surface area contributed by atoms with Gasteiger partial charge in [0.2, 0.25) is 5.91 Å². The summed E-state index contributed by atoms with van der Waals surface area (Å²) in [4.78, 5) is 12.7. The number of carbonyl (C=O) groups is 1. The van der Waals surface area contributed by atoms with E-state index in [1.165, 1.54) is 11.8 Å². The molecule has 0 aliphatic carbocycles. The highest BCUT2D eigenvalue weighted by molar-refractivity contribution is 8.00. The maximum absolute atomic E-state index is 11.6. The first-order chi connectivity index (χ1) is 8.26. The van der Waals surface area contributed by atoms with Gasteiger partial charge >= 0.3 is 0 Å². The fraction of sp³-hybridized carbons (Fsp3) is 0.417. The Morgan fingerprint density at radius 2 is 2.18 bits per heavy atom. The van der Waals surface area contributed by atoms with Crippen LogP contribution in [0.1, 0.15) is 0 Å². The summed E-state index contributed by atoms with van der Waals surface area (Å²) in [6.07, 6.45) is 0. The summed E-state index contributed by atoms with van der Waals surface area (Å²) in [5.74, 6) is 0.720. The predicted octanol–water partition coefficient (Wildman–Crippen LogP) is 2.15. The van der Waals surface area contributed by atoms with Crippen LogP contribution in [0.15, 0.2) is 35.2 Å². The third-order valence-electron chi connectivity index (χ3n) is 2.03. The molecule has 0 radical (unpaired) electrons. The van der Waals surface area contributed by atoms with Crippen molar-refractivity contribution < 1.29 is 9.53 Å². The lowest BCUT2D eigenvalue weighted by Crippen LogP contribution is -2.40. The van der Waals surface area contributed by atoms with Crippen LogP contribution in [0.25, 0.3) is 0 Å². The van der Waals surface area contributed by atoms with Crippen molar-refractivity contribution in [1.82, 2.24) is 5.32 Å². The minimum Gasteiger partial charge on any atom is -0.383 e. The van der Waals surface area contributed by atoms with E-state index in [4.69, 9.17) is 16.3 Å². The second-order valence-electron chi connectivity index (χ2n) is 3.48. The number of alkyl halides is 1. The first kappa shape index (κ1) is 14.4. The Morgan fingerprint density at radius 3 is 2.76 bits per heavy atom. The lowest BCUT2D eigenvalue weighted by atomic mass is 10.3. The number of rotatable bonds is 7. The molecule has 94 valence electrons. The highest BCUT2D eigenvalue weighted by Gasteiger charge is 2.10. The summed E-state index contributed by atoms with van der Waals surface area (Å²) in [7, 11) is 1.59. The Kier molecular flexibility index (Phi) is 7.08. The van der Waals surface area contributed by atoms with Crippen LogP contribution < -0.4 is 5.32 Å². The summed E-state index contributed by atoms with van der Waals surface area (Å²) in [6, 6.07) is 9.69. The summed E-state index contributed by atoms with van der Waals surface area (Å²) < 4.78 is 4.95. The topological polar surface area (TPSA) is 38.3 Å². The van der Waals surface area contributed by atoms with Crippen LogP contribution in [0.2, 0.25) is 0 Å². The third-order valence-corrected chi connectivity index (χ3v) is 3.42. The first-order valence-electron chi connectivity index (χ1n) is 5.28. The Bertz CT molecular complexity index is 335. The monoisotopic (exact) mass is 273 g/mol. The van der Waals surface area contributed by atoms with E-state index in [9.17, 15) is 4.79 Å². The minimum atomic E-state index is -0.120. The Hall–Kier alpha value is -0.710. The number of halogens is 1. The van der Waals surface area contributed by atoms with E-state index in [0.717, 1.165) is 4.90 Å². The molecule has 0 aromatic heterocycles. The van der Waals surface area contributed by atoms with E-state index >= 15 is 0 Å². The molecule has 0 bridgehead atoms. The van der Waals surface area contributed by atoms with Crippen LogP contribution >= 0.6 is 23.4 Å². The van der Waals surface area contributed by atoms with E-state index in [2.05, 4.69) is 5.32 Å². The molecule has 1 amide bonds. The van der Waals surface area contributed by atoms with E-state index < -0.39 is 0 Å². The van der Waals surface area contributed by atoms with E-state index in [1.807, 2.05) is 30.3 Å². The molecule has 1 aromatic rings. The summed E-state index contributed by atoms with van der Waals surface area (Å²) in [5.41, 5.74) is 0. The number of hydrogen-bond donors (Lipinski definition) is 1. The van der Waals surface area contributed by atoms with Crippen molar-refractivity contribution in [3.05, 3.63) is 30.3 Å². The normalized spacial score (nSPS) is 12.1. The van der Waals surface area contributed by atoms with Crippen LogP contribution in [0.4, 0.5) is 0 Å². The molecule has 0 saturated heterocycles. The molecule has 0 heterocycles. The minimum absolute atomic E-state index is 0.0263. The lowest BCUT2D eigenvalue weighted by molar-refractivity contribution is -0.119. The fourth-order valence-corrected chi connectivity index (χ4v) is 2.16. The number of benzene rings is 1. The lowest BCUT2D eigenvalue weighted by Gasteiger charge is -2.14. The van der Waals surface area contributed by atoms with Crippen LogP contribution in [-0.4, -0.2) is 37.3 Å². The van der Waals surface area contributed by atoms with Gasteiger partial charge in [0.05, 0.1) is 18.4 Å². The molecule has 0 aliphatic rings. The molecule has 5 heteroatoms. The Balaban J connectivity index is 2.30. The van der Waals surface area contributed by atoms with Crippen molar-refractivity contribution in [3.8, 4) is 0 Å².